The number of fused-ring (bicyclic) bond motifs is 1. The summed E-state index contributed by atoms with van der Waals surface area (Å²) in [5.74, 6) is 2.01. The molecule has 0 aliphatic carbocycles. The molecule has 0 aliphatic heterocycles. The Morgan fingerprint density at radius 2 is 1.76 bits per heavy atom. The fraction of sp³-hybridized carbons (Fsp3) is 0.143. The van der Waals surface area contributed by atoms with Crippen molar-refractivity contribution in [1.29, 1.82) is 0 Å². The summed E-state index contributed by atoms with van der Waals surface area (Å²) in [6.07, 6.45) is 0. The molecule has 0 aliphatic rings. The third-order valence-electron chi connectivity index (χ3n) is 3.05. The largest absolute Gasteiger partial charge is 0.279 e. The molecule has 1 aromatic heterocycles. The number of nitrogens with zero attached hydrogens (tertiary/aromatic N) is 2. The molecule has 17 heavy (non-hydrogen) atoms. The van der Waals surface area contributed by atoms with Gasteiger partial charge in [-0.3, -0.25) is 0 Å². The quantitative estimate of drug-likeness (QED) is 0.633. The zero-order valence-corrected chi connectivity index (χ0v) is 9.94. The molecule has 0 saturated heterocycles. The summed E-state index contributed by atoms with van der Waals surface area (Å²) in [4.78, 5) is 0. The van der Waals surface area contributed by atoms with E-state index in [0.717, 1.165) is 11.6 Å². The lowest BCUT2D eigenvalue weighted by atomic mass is 10.1. The van der Waals surface area contributed by atoms with Gasteiger partial charge in [-0.1, -0.05) is 36.4 Å². The van der Waals surface area contributed by atoms with Gasteiger partial charge in [0.05, 0.1) is 0 Å². The maximum atomic E-state index is 4.24. The number of rotatable bonds is 1. The van der Waals surface area contributed by atoms with Crippen LogP contribution in [0.15, 0.2) is 42.5 Å². The highest BCUT2D eigenvalue weighted by molar-refractivity contribution is 5.88. The minimum atomic E-state index is 0.971. The summed E-state index contributed by atoms with van der Waals surface area (Å²) in [6.45, 7) is 4.03. The average Bonchev–Trinajstić information content (AvgIpc) is 2.69. The first-order valence-electron chi connectivity index (χ1n) is 5.69. The van der Waals surface area contributed by atoms with Crippen LogP contribution in [-0.2, 0) is 0 Å². The number of aromatic amines is 1. The second kappa shape index (κ2) is 3.70. The highest BCUT2D eigenvalue weighted by Crippen LogP contribution is 2.18. The standard InChI is InChI=1S/C14H13N3/c1-10-15-16-11(2)17(10)14-9-5-7-12-6-3-4-8-13(12)14/h3-9H,1-2H3/p+1. The van der Waals surface area contributed by atoms with Crippen molar-refractivity contribution in [3.63, 3.8) is 0 Å². The molecule has 1 heterocycles. The summed E-state index contributed by atoms with van der Waals surface area (Å²) in [7, 11) is 0. The maximum absolute atomic E-state index is 4.24. The third-order valence-corrected chi connectivity index (χ3v) is 3.05. The van der Waals surface area contributed by atoms with Gasteiger partial charge in [0.2, 0.25) is 5.82 Å². The molecule has 3 rings (SSSR count). The van der Waals surface area contributed by atoms with Crippen LogP contribution in [0.1, 0.15) is 11.6 Å². The lowest BCUT2D eigenvalue weighted by Crippen LogP contribution is -2.35. The van der Waals surface area contributed by atoms with E-state index < -0.39 is 0 Å². The van der Waals surface area contributed by atoms with Crippen LogP contribution in [0.2, 0.25) is 0 Å². The average molecular weight is 224 g/mol. The molecule has 3 aromatic rings. The van der Waals surface area contributed by atoms with Crippen molar-refractivity contribution >= 4 is 10.8 Å². The lowest BCUT2D eigenvalue weighted by Gasteiger charge is -2.05. The molecular formula is C14H14N3+. The minimum Gasteiger partial charge on any atom is -0.198 e. The molecule has 3 heteroatoms. The SMILES string of the molecule is Cc1n[nH]c(C)[n+]1-c1cccc2ccccc12. The molecule has 0 fully saturated rings. The molecule has 0 spiro atoms. The molecule has 0 bridgehead atoms. The van der Waals surface area contributed by atoms with Crippen molar-refractivity contribution in [2.45, 2.75) is 13.8 Å². The summed E-state index contributed by atoms with van der Waals surface area (Å²) in [5.41, 5.74) is 1.17. The molecule has 0 atom stereocenters. The van der Waals surface area contributed by atoms with Gasteiger partial charge in [0.15, 0.2) is 0 Å². The van der Waals surface area contributed by atoms with Crippen LogP contribution in [-0.4, -0.2) is 10.2 Å². The maximum Gasteiger partial charge on any atom is 0.279 e. The number of hydrogen-bond acceptors (Lipinski definition) is 1. The summed E-state index contributed by atoms with van der Waals surface area (Å²) < 4.78 is 2.14. The smallest absolute Gasteiger partial charge is 0.198 e. The van der Waals surface area contributed by atoms with Crippen molar-refractivity contribution in [3.8, 4) is 5.69 Å². The summed E-state index contributed by atoms with van der Waals surface area (Å²) in [6, 6.07) is 14.7. The first kappa shape index (κ1) is 10.0. The summed E-state index contributed by atoms with van der Waals surface area (Å²) >= 11 is 0. The predicted octanol–water partition coefficient (Wildman–Crippen LogP) is 2.46. The number of hydrogen-bond donors (Lipinski definition) is 1. The van der Waals surface area contributed by atoms with Gasteiger partial charge in [0, 0.05) is 24.3 Å². The second-order valence-corrected chi connectivity index (χ2v) is 4.19. The molecule has 0 radical (unpaired) electrons. The highest BCUT2D eigenvalue weighted by Gasteiger charge is 2.16. The Balaban J connectivity index is 2.38. The Kier molecular flexibility index (Phi) is 2.18. The van der Waals surface area contributed by atoms with E-state index in [1.165, 1.54) is 16.5 Å². The highest BCUT2D eigenvalue weighted by atomic mass is 15.3. The molecule has 84 valence electrons. The van der Waals surface area contributed by atoms with Gasteiger partial charge in [-0.2, -0.15) is 4.57 Å². The van der Waals surface area contributed by atoms with Crippen molar-refractivity contribution < 1.29 is 4.57 Å². The van der Waals surface area contributed by atoms with Crippen molar-refractivity contribution in [2.24, 2.45) is 0 Å². The Labute approximate surface area is 99.7 Å². The summed E-state index contributed by atoms with van der Waals surface area (Å²) in [5, 5.41) is 9.74. The van der Waals surface area contributed by atoms with E-state index >= 15 is 0 Å². The molecule has 0 unspecified atom stereocenters. The third kappa shape index (κ3) is 1.51. The van der Waals surface area contributed by atoms with Crippen LogP contribution >= 0.6 is 0 Å². The van der Waals surface area contributed by atoms with E-state index in [2.05, 4.69) is 57.2 Å². The first-order valence-corrected chi connectivity index (χ1v) is 5.69. The number of benzene rings is 2. The zero-order valence-electron chi connectivity index (χ0n) is 9.94. The second-order valence-electron chi connectivity index (χ2n) is 4.19. The normalized spacial score (nSPS) is 10.9. The Hall–Kier alpha value is -2.16. The topological polar surface area (TPSA) is 32.6 Å². The van der Waals surface area contributed by atoms with E-state index in [1.807, 2.05) is 13.8 Å². The molecule has 3 nitrogen and oxygen atoms in total. The van der Waals surface area contributed by atoms with Crippen LogP contribution in [0.25, 0.3) is 16.5 Å². The fourth-order valence-corrected chi connectivity index (χ4v) is 2.26. The van der Waals surface area contributed by atoms with Gasteiger partial charge in [-0.05, 0) is 11.5 Å². The first-order chi connectivity index (χ1) is 8.27. The van der Waals surface area contributed by atoms with Crippen LogP contribution in [0.3, 0.4) is 0 Å². The van der Waals surface area contributed by atoms with Crippen LogP contribution < -0.4 is 4.57 Å². The van der Waals surface area contributed by atoms with E-state index in [-0.39, 0.29) is 0 Å². The fourth-order valence-electron chi connectivity index (χ4n) is 2.26. The van der Waals surface area contributed by atoms with Crippen LogP contribution in [0.5, 0.6) is 0 Å². The Bertz CT molecular complexity index is 658. The number of aryl methyl sites for hydroxylation is 2. The van der Waals surface area contributed by atoms with Crippen LogP contribution in [0, 0.1) is 13.8 Å². The molecule has 2 aromatic carbocycles. The minimum absolute atomic E-state index is 0.971. The molecular weight excluding hydrogens is 210 g/mol. The van der Waals surface area contributed by atoms with Crippen molar-refractivity contribution in [3.05, 3.63) is 54.1 Å². The number of aromatic nitrogens is 3. The molecule has 0 saturated carbocycles. The van der Waals surface area contributed by atoms with Gasteiger partial charge >= 0.3 is 0 Å². The van der Waals surface area contributed by atoms with E-state index in [4.69, 9.17) is 0 Å². The molecule has 1 N–H and O–H groups in total. The van der Waals surface area contributed by atoms with Crippen LogP contribution in [0.4, 0.5) is 0 Å². The number of H-pyrrole nitrogens is 1. The van der Waals surface area contributed by atoms with Crippen molar-refractivity contribution in [2.75, 3.05) is 0 Å². The van der Waals surface area contributed by atoms with Gasteiger partial charge in [-0.15, -0.1) is 5.10 Å². The lowest BCUT2D eigenvalue weighted by molar-refractivity contribution is -0.608. The van der Waals surface area contributed by atoms with E-state index in [9.17, 15) is 0 Å². The van der Waals surface area contributed by atoms with Crippen molar-refractivity contribution in [1.82, 2.24) is 10.2 Å². The van der Waals surface area contributed by atoms with Gasteiger partial charge in [0.25, 0.3) is 5.82 Å². The number of nitrogens with one attached hydrogen (secondary N) is 1. The monoisotopic (exact) mass is 224 g/mol. The van der Waals surface area contributed by atoms with Gasteiger partial charge < -0.3 is 0 Å². The van der Waals surface area contributed by atoms with Gasteiger partial charge in [-0.25, -0.2) is 0 Å². The van der Waals surface area contributed by atoms with E-state index in [0.29, 0.717) is 0 Å². The Morgan fingerprint density at radius 3 is 2.53 bits per heavy atom. The van der Waals surface area contributed by atoms with Gasteiger partial charge in [0.1, 0.15) is 5.69 Å². The van der Waals surface area contributed by atoms with E-state index in [1.54, 1.807) is 0 Å². The molecule has 0 amide bonds. The Morgan fingerprint density at radius 1 is 1.00 bits per heavy atom. The predicted molar refractivity (Wildman–Crippen MR) is 67.1 cm³/mol. The zero-order chi connectivity index (χ0) is 11.8.